The summed E-state index contributed by atoms with van der Waals surface area (Å²) in [7, 11) is 0. The first-order valence-electron chi connectivity index (χ1n) is 7.11. The molecule has 1 saturated heterocycles. The Kier molecular flexibility index (Phi) is 6.37. The van der Waals surface area contributed by atoms with Gasteiger partial charge in [0, 0.05) is 12.1 Å². The molecule has 2 heteroatoms. The summed E-state index contributed by atoms with van der Waals surface area (Å²) < 4.78 is 0. The van der Waals surface area contributed by atoms with Gasteiger partial charge in [0.05, 0.1) is 0 Å². The van der Waals surface area contributed by atoms with Crippen LogP contribution in [0.1, 0.15) is 53.4 Å². The highest BCUT2D eigenvalue weighted by Gasteiger charge is 2.26. The van der Waals surface area contributed by atoms with E-state index in [4.69, 9.17) is 0 Å². The minimum absolute atomic E-state index is 0.757. The fourth-order valence-electron chi connectivity index (χ4n) is 2.74. The second-order valence-corrected chi connectivity index (χ2v) is 5.68. The van der Waals surface area contributed by atoms with Crippen molar-refractivity contribution in [1.82, 2.24) is 10.2 Å². The molecule has 1 N–H and O–H groups in total. The van der Waals surface area contributed by atoms with E-state index in [-0.39, 0.29) is 0 Å². The molecule has 0 saturated carbocycles. The number of likely N-dealkylation sites (tertiary alicyclic amines) is 1. The summed E-state index contributed by atoms with van der Waals surface area (Å²) in [5, 5.41) is 3.55. The van der Waals surface area contributed by atoms with Crippen LogP contribution in [-0.4, -0.2) is 36.6 Å². The van der Waals surface area contributed by atoms with E-state index in [9.17, 15) is 0 Å². The number of hydrogen-bond acceptors (Lipinski definition) is 2. The molecule has 0 aromatic carbocycles. The molecule has 0 amide bonds. The Morgan fingerprint density at radius 2 is 2.06 bits per heavy atom. The number of nitrogens with zero attached hydrogens (tertiary/aromatic N) is 1. The highest BCUT2D eigenvalue weighted by Crippen LogP contribution is 2.23. The van der Waals surface area contributed by atoms with Gasteiger partial charge in [-0.2, -0.15) is 0 Å². The Morgan fingerprint density at radius 3 is 2.69 bits per heavy atom. The molecule has 16 heavy (non-hydrogen) atoms. The molecular weight excluding hydrogens is 196 g/mol. The molecule has 0 aliphatic carbocycles. The van der Waals surface area contributed by atoms with Crippen LogP contribution >= 0.6 is 0 Å². The van der Waals surface area contributed by atoms with Gasteiger partial charge in [-0.15, -0.1) is 0 Å². The highest BCUT2D eigenvalue weighted by molar-refractivity contribution is 4.82. The van der Waals surface area contributed by atoms with Gasteiger partial charge in [0.25, 0.3) is 0 Å². The second kappa shape index (κ2) is 7.29. The zero-order valence-electron chi connectivity index (χ0n) is 11.6. The third-order valence-corrected chi connectivity index (χ3v) is 3.75. The van der Waals surface area contributed by atoms with Gasteiger partial charge in [0.1, 0.15) is 0 Å². The van der Waals surface area contributed by atoms with E-state index in [0.29, 0.717) is 0 Å². The van der Waals surface area contributed by atoms with Crippen molar-refractivity contribution in [3.63, 3.8) is 0 Å². The summed E-state index contributed by atoms with van der Waals surface area (Å²) in [5.74, 6) is 0.769. The van der Waals surface area contributed by atoms with Crippen LogP contribution in [0.5, 0.6) is 0 Å². The molecule has 0 spiro atoms. The minimum Gasteiger partial charge on any atom is -0.316 e. The van der Waals surface area contributed by atoms with E-state index in [2.05, 4.69) is 37.9 Å². The first-order chi connectivity index (χ1) is 7.65. The van der Waals surface area contributed by atoms with Crippen molar-refractivity contribution in [2.24, 2.45) is 5.92 Å². The molecule has 96 valence electrons. The van der Waals surface area contributed by atoms with E-state index in [0.717, 1.165) is 24.5 Å². The topological polar surface area (TPSA) is 15.3 Å². The third kappa shape index (κ3) is 4.42. The number of hydrogen-bond donors (Lipinski definition) is 1. The van der Waals surface area contributed by atoms with Crippen LogP contribution < -0.4 is 5.32 Å². The Labute approximate surface area is 102 Å². The Morgan fingerprint density at radius 1 is 1.31 bits per heavy atom. The summed E-state index contributed by atoms with van der Waals surface area (Å²) in [6.45, 7) is 12.9. The van der Waals surface area contributed by atoms with E-state index in [1.165, 1.54) is 38.8 Å². The normalized spacial score (nSPS) is 24.2. The van der Waals surface area contributed by atoms with E-state index in [1.807, 2.05) is 0 Å². The lowest BCUT2D eigenvalue weighted by Crippen LogP contribution is -2.38. The van der Waals surface area contributed by atoms with Crippen LogP contribution in [0.4, 0.5) is 0 Å². The van der Waals surface area contributed by atoms with Crippen molar-refractivity contribution in [3.8, 4) is 0 Å². The van der Waals surface area contributed by atoms with Gasteiger partial charge in [-0.1, -0.05) is 20.8 Å². The lowest BCUT2D eigenvalue weighted by atomic mass is 10.1. The fraction of sp³-hybridized carbons (Fsp3) is 1.00. The van der Waals surface area contributed by atoms with Crippen LogP contribution in [0.2, 0.25) is 0 Å². The molecule has 0 bridgehead atoms. The second-order valence-electron chi connectivity index (χ2n) is 5.68. The van der Waals surface area contributed by atoms with Crippen LogP contribution in [-0.2, 0) is 0 Å². The minimum atomic E-state index is 0.757. The highest BCUT2D eigenvalue weighted by atomic mass is 15.2. The van der Waals surface area contributed by atoms with Gasteiger partial charge in [0.2, 0.25) is 0 Å². The molecule has 2 unspecified atom stereocenters. The molecule has 1 rings (SSSR count). The van der Waals surface area contributed by atoms with Crippen molar-refractivity contribution in [1.29, 1.82) is 0 Å². The van der Waals surface area contributed by atoms with E-state index < -0.39 is 0 Å². The molecule has 1 heterocycles. The lowest BCUT2D eigenvalue weighted by molar-refractivity contribution is 0.178. The standard InChI is InChI=1S/C14H30N2/c1-5-14-7-6-10-16(14)13(4)8-9-15-11-12(2)3/h12-15H,5-11H2,1-4H3. The average molecular weight is 226 g/mol. The maximum absolute atomic E-state index is 3.55. The number of nitrogens with one attached hydrogen (secondary N) is 1. The SMILES string of the molecule is CCC1CCCN1C(C)CCNCC(C)C. The summed E-state index contributed by atoms with van der Waals surface area (Å²) in [6.07, 6.45) is 5.44. The zero-order valence-corrected chi connectivity index (χ0v) is 11.6. The largest absolute Gasteiger partial charge is 0.316 e. The zero-order chi connectivity index (χ0) is 12.0. The van der Waals surface area contributed by atoms with Crippen molar-refractivity contribution in [3.05, 3.63) is 0 Å². The monoisotopic (exact) mass is 226 g/mol. The summed E-state index contributed by atoms with van der Waals surface area (Å²) in [5.41, 5.74) is 0. The van der Waals surface area contributed by atoms with Crippen LogP contribution in [0, 0.1) is 5.92 Å². The first kappa shape index (κ1) is 14.0. The molecule has 0 aromatic heterocycles. The van der Waals surface area contributed by atoms with Crippen molar-refractivity contribution in [2.75, 3.05) is 19.6 Å². The van der Waals surface area contributed by atoms with Crippen molar-refractivity contribution in [2.45, 2.75) is 65.5 Å². The van der Waals surface area contributed by atoms with Gasteiger partial charge < -0.3 is 5.32 Å². The summed E-state index contributed by atoms with van der Waals surface area (Å²) >= 11 is 0. The smallest absolute Gasteiger partial charge is 0.00959 e. The quantitative estimate of drug-likeness (QED) is 0.672. The Bertz CT molecular complexity index is 180. The molecule has 1 aliphatic rings. The summed E-state index contributed by atoms with van der Waals surface area (Å²) in [6, 6.07) is 1.62. The molecule has 0 radical (unpaired) electrons. The van der Waals surface area contributed by atoms with Gasteiger partial charge >= 0.3 is 0 Å². The first-order valence-corrected chi connectivity index (χ1v) is 7.11. The predicted octanol–water partition coefficient (Wildman–Crippen LogP) is 2.89. The molecule has 0 aromatic rings. The van der Waals surface area contributed by atoms with E-state index >= 15 is 0 Å². The van der Waals surface area contributed by atoms with Gasteiger partial charge in [-0.25, -0.2) is 0 Å². The number of rotatable bonds is 7. The fourth-order valence-corrected chi connectivity index (χ4v) is 2.74. The maximum Gasteiger partial charge on any atom is 0.00959 e. The van der Waals surface area contributed by atoms with Crippen LogP contribution in [0.15, 0.2) is 0 Å². The molecule has 2 nitrogen and oxygen atoms in total. The average Bonchev–Trinajstić information content (AvgIpc) is 2.71. The van der Waals surface area contributed by atoms with Crippen molar-refractivity contribution < 1.29 is 0 Å². The lowest BCUT2D eigenvalue weighted by Gasteiger charge is -2.30. The molecule has 2 atom stereocenters. The predicted molar refractivity (Wildman–Crippen MR) is 71.8 cm³/mol. The van der Waals surface area contributed by atoms with Crippen LogP contribution in [0.3, 0.4) is 0 Å². The van der Waals surface area contributed by atoms with Gasteiger partial charge in [-0.3, -0.25) is 4.90 Å². The third-order valence-electron chi connectivity index (χ3n) is 3.75. The summed E-state index contributed by atoms with van der Waals surface area (Å²) in [4.78, 5) is 2.72. The maximum atomic E-state index is 3.55. The van der Waals surface area contributed by atoms with Gasteiger partial charge in [0.15, 0.2) is 0 Å². The Hall–Kier alpha value is -0.0800. The molecule has 1 aliphatic heterocycles. The molecule has 1 fully saturated rings. The van der Waals surface area contributed by atoms with Crippen molar-refractivity contribution >= 4 is 0 Å². The molecular formula is C14H30N2. The van der Waals surface area contributed by atoms with Crippen LogP contribution in [0.25, 0.3) is 0 Å². The van der Waals surface area contributed by atoms with Gasteiger partial charge in [-0.05, 0) is 58.2 Å². The van der Waals surface area contributed by atoms with E-state index in [1.54, 1.807) is 0 Å². The Balaban J connectivity index is 2.16.